The molecule has 1 aromatic carbocycles. The number of carboxylic acid groups (broad SMARTS) is 1. The molecule has 1 N–H and O–H groups in total. The summed E-state index contributed by atoms with van der Waals surface area (Å²) < 4.78 is 11.7. The average Bonchev–Trinajstić information content (AvgIpc) is 2.62. The number of benzene rings is 1. The Morgan fingerprint density at radius 3 is 2.23 bits per heavy atom. The Bertz CT molecular complexity index is 852. The van der Waals surface area contributed by atoms with Crippen molar-refractivity contribution in [2.45, 2.75) is 6.54 Å². The van der Waals surface area contributed by atoms with Gasteiger partial charge in [0.2, 0.25) is 0 Å². The number of nitrogens with zero attached hydrogens (tertiary/aromatic N) is 2. The molecular formula is C18H20N2O6. The molecule has 0 fully saturated rings. The molecule has 0 bridgehead atoms. The second-order valence-electron chi connectivity index (χ2n) is 5.64. The fraction of sp³-hybridized carbons (Fsp3) is 0.278. The molecule has 0 aliphatic heterocycles. The minimum atomic E-state index is -1.16. The summed E-state index contributed by atoms with van der Waals surface area (Å²) in [6.07, 6.45) is 1.46. The first kappa shape index (κ1) is 19.0. The summed E-state index contributed by atoms with van der Waals surface area (Å²) in [4.78, 5) is 36.8. The first-order valence-corrected chi connectivity index (χ1v) is 7.73. The Balaban J connectivity index is 2.35. The van der Waals surface area contributed by atoms with Crippen LogP contribution in [0.3, 0.4) is 0 Å². The van der Waals surface area contributed by atoms with E-state index in [-0.39, 0.29) is 17.7 Å². The van der Waals surface area contributed by atoms with Crippen LogP contribution >= 0.6 is 0 Å². The van der Waals surface area contributed by atoms with Gasteiger partial charge in [0.15, 0.2) is 0 Å². The lowest BCUT2D eigenvalue weighted by molar-refractivity contribution is -0.137. The van der Waals surface area contributed by atoms with Crippen LogP contribution in [0, 0.1) is 0 Å². The number of hydrogen-bond donors (Lipinski definition) is 1. The van der Waals surface area contributed by atoms with Crippen LogP contribution in [-0.2, 0) is 18.4 Å². The van der Waals surface area contributed by atoms with Crippen molar-refractivity contribution >= 4 is 11.9 Å². The smallest absolute Gasteiger partial charge is 0.323 e. The number of hydrogen-bond acceptors (Lipinski definition) is 5. The molecule has 0 saturated carbocycles. The third kappa shape index (κ3) is 4.62. The number of carbonyl (C=O) groups is 2. The molecule has 0 spiro atoms. The zero-order valence-electron chi connectivity index (χ0n) is 14.8. The van der Waals surface area contributed by atoms with Gasteiger partial charge in [-0.25, -0.2) is 0 Å². The molecule has 8 nitrogen and oxygen atoms in total. The minimum absolute atomic E-state index is 0.0217. The van der Waals surface area contributed by atoms with Gasteiger partial charge in [0.05, 0.1) is 14.2 Å². The molecule has 0 saturated heterocycles. The molecule has 1 amide bonds. The molecule has 0 aliphatic rings. The van der Waals surface area contributed by atoms with E-state index >= 15 is 0 Å². The van der Waals surface area contributed by atoms with Crippen LogP contribution < -0.4 is 15.0 Å². The maximum absolute atomic E-state index is 12.7. The van der Waals surface area contributed by atoms with Crippen LogP contribution in [0.5, 0.6) is 11.5 Å². The fourth-order valence-electron chi connectivity index (χ4n) is 2.40. The van der Waals surface area contributed by atoms with Crippen molar-refractivity contribution in [2.75, 3.05) is 20.8 Å². The van der Waals surface area contributed by atoms with Crippen LogP contribution in [0.15, 0.2) is 41.3 Å². The molecule has 138 valence electrons. The molecule has 0 radical (unpaired) electrons. The van der Waals surface area contributed by atoms with Gasteiger partial charge < -0.3 is 24.0 Å². The van der Waals surface area contributed by atoms with Crippen molar-refractivity contribution in [3.63, 3.8) is 0 Å². The summed E-state index contributed by atoms with van der Waals surface area (Å²) in [7, 11) is 4.56. The monoisotopic (exact) mass is 360 g/mol. The lowest BCUT2D eigenvalue weighted by atomic mass is 10.1. The molecule has 2 aromatic rings. The zero-order valence-corrected chi connectivity index (χ0v) is 14.8. The van der Waals surface area contributed by atoms with Gasteiger partial charge in [-0.05, 0) is 23.8 Å². The molecule has 1 heterocycles. The average molecular weight is 360 g/mol. The van der Waals surface area contributed by atoms with Crippen molar-refractivity contribution in [1.82, 2.24) is 9.47 Å². The van der Waals surface area contributed by atoms with E-state index < -0.39 is 18.4 Å². The highest BCUT2D eigenvalue weighted by Crippen LogP contribution is 2.23. The van der Waals surface area contributed by atoms with E-state index in [1.165, 1.54) is 37.1 Å². The molecular weight excluding hydrogens is 340 g/mol. The molecule has 0 aliphatic carbocycles. The number of aryl methyl sites for hydroxylation is 1. The van der Waals surface area contributed by atoms with Crippen molar-refractivity contribution in [3.05, 3.63) is 58.0 Å². The van der Waals surface area contributed by atoms with Gasteiger partial charge in [0, 0.05) is 37.5 Å². The third-order valence-corrected chi connectivity index (χ3v) is 3.75. The highest BCUT2D eigenvalue weighted by molar-refractivity contribution is 5.95. The number of ether oxygens (including phenoxy) is 2. The summed E-state index contributed by atoms with van der Waals surface area (Å²) in [6.45, 7) is -0.485. The van der Waals surface area contributed by atoms with Gasteiger partial charge in [-0.2, -0.15) is 0 Å². The lowest BCUT2D eigenvalue weighted by Gasteiger charge is -2.21. The predicted molar refractivity (Wildman–Crippen MR) is 93.6 cm³/mol. The first-order valence-electron chi connectivity index (χ1n) is 7.73. The van der Waals surface area contributed by atoms with Crippen molar-refractivity contribution in [1.29, 1.82) is 0 Å². The van der Waals surface area contributed by atoms with Crippen molar-refractivity contribution in [3.8, 4) is 11.5 Å². The van der Waals surface area contributed by atoms with Crippen molar-refractivity contribution in [2.24, 2.45) is 7.05 Å². The van der Waals surface area contributed by atoms with Gasteiger partial charge in [0.25, 0.3) is 11.5 Å². The SMILES string of the molecule is COc1cc(CN(CC(=O)O)C(=O)c2ccn(C)c(=O)c2)cc(OC)c1. The molecule has 2 rings (SSSR count). The normalized spacial score (nSPS) is 10.3. The van der Waals surface area contributed by atoms with E-state index in [0.717, 1.165) is 4.90 Å². The number of carbonyl (C=O) groups excluding carboxylic acids is 1. The Hall–Kier alpha value is -3.29. The number of amides is 1. The number of pyridine rings is 1. The van der Waals surface area contributed by atoms with Gasteiger partial charge in [-0.1, -0.05) is 0 Å². The Morgan fingerprint density at radius 2 is 1.73 bits per heavy atom. The van der Waals surface area contributed by atoms with Gasteiger partial charge in [-0.15, -0.1) is 0 Å². The highest BCUT2D eigenvalue weighted by Gasteiger charge is 2.20. The topological polar surface area (TPSA) is 98.1 Å². The van der Waals surface area contributed by atoms with Crippen molar-refractivity contribution < 1.29 is 24.2 Å². The highest BCUT2D eigenvalue weighted by atomic mass is 16.5. The van der Waals surface area contributed by atoms with Gasteiger partial charge in [-0.3, -0.25) is 14.4 Å². The standard InChI is InChI=1S/C18H20N2O6/c1-19-5-4-13(8-16(19)21)18(24)20(11-17(22)23)10-12-6-14(25-2)9-15(7-12)26-3/h4-9H,10-11H2,1-3H3,(H,22,23). The van der Waals surface area contributed by atoms with E-state index in [9.17, 15) is 14.4 Å². The molecule has 1 aromatic heterocycles. The van der Waals surface area contributed by atoms with Gasteiger partial charge in [0.1, 0.15) is 18.0 Å². The fourth-order valence-corrected chi connectivity index (χ4v) is 2.40. The molecule has 26 heavy (non-hydrogen) atoms. The van der Waals surface area contributed by atoms with E-state index in [0.29, 0.717) is 17.1 Å². The maximum Gasteiger partial charge on any atom is 0.323 e. The number of aliphatic carboxylic acids is 1. The van der Waals surface area contributed by atoms with E-state index in [2.05, 4.69) is 0 Å². The van der Waals surface area contributed by atoms with E-state index in [4.69, 9.17) is 14.6 Å². The molecule has 8 heteroatoms. The Morgan fingerprint density at radius 1 is 1.12 bits per heavy atom. The second kappa shape index (κ2) is 8.19. The number of aromatic nitrogens is 1. The van der Waals surface area contributed by atoms with Crippen LogP contribution in [0.4, 0.5) is 0 Å². The zero-order chi connectivity index (χ0) is 19.3. The molecule has 0 unspecified atom stereocenters. The van der Waals surface area contributed by atoms with Crippen LogP contribution in [0.2, 0.25) is 0 Å². The number of rotatable bonds is 7. The summed E-state index contributed by atoms with van der Waals surface area (Å²) in [5.74, 6) is -0.657. The Kier molecular flexibility index (Phi) is 6.00. The first-order chi connectivity index (χ1) is 12.3. The predicted octanol–water partition coefficient (Wildman–Crippen LogP) is 1.13. The van der Waals surface area contributed by atoms with E-state index in [1.807, 2.05) is 0 Å². The van der Waals surface area contributed by atoms with Crippen LogP contribution in [0.1, 0.15) is 15.9 Å². The quantitative estimate of drug-likeness (QED) is 0.795. The number of methoxy groups -OCH3 is 2. The van der Waals surface area contributed by atoms with Gasteiger partial charge >= 0.3 is 5.97 Å². The summed E-state index contributed by atoms with van der Waals surface area (Å²) in [5.41, 5.74) is 0.415. The van der Waals surface area contributed by atoms with E-state index in [1.54, 1.807) is 25.2 Å². The number of carboxylic acids is 1. The van der Waals surface area contributed by atoms with Crippen LogP contribution in [0.25, 0.3) is 0 Å². The lowest BCUT2D eigenvalue weighted by Crippen LogP contribution is -2.36. The maximum atomic E-state index is 12.7. The summed E-state index contributed by atoms with van der Waals surface area (Å²) >= 11 is 0. The second-order valence-corrected chi connectivity index (χ2v) is 5.64. The summed E-state index contributed by atoms with van der Waals surface area (Å²) in [5, 5.41) is 9.15. The molecule has 0 atom stereocenters. The summed E-state index contributed by atoms with van der Waals surface area (Å²) in [6, 6.07) is 7.71. The largest absolute Gasteiger partial charge is 0.497 e. The minimum Gasteiger partial charge on any atom is -0.497 e. The van der Waals surface area contributed by atoms with Crippen LogP contribution in [-0.4, -0.2) is 47.2 Å². The Labute approximate surface area is 150 Å². The third-order valence-electron chi connectivity index (χ3n) is 3.75.